The molecule has 4 amide bonds. The van der Waals surface area contributed by atoms with Crippen LogP contribution >= 0.6 is 22.7 Å². The van der Waals surface area contributed by atoms with Crippen molar-refractivity contribution in [2.45, 2.75) is 245 Å². The molecular formula is C66H90N2O4S2. The zero-order valence-corrected chi connectivity index (χ0v) is 47.5. The van der Waals surface area contributed by atoms with Crippen LogP contribution in [0.3, 0.4) is 0 Å². The lowest BCUT2D eigenvalue weighted by atomic mass is 9.81. The quantitative estimate of drug-likeness (QED) is 0.0255. The summed E-state index contributed by atoms with van der Waals surface area (Å²) in [5.74, 6) is 11.3. The zero-order chi connectivity index (χ0) is 52.0. The fourth-order valence-corrected chi connectivity index (χ4v) is 12.2. The fourth-order valence-electron chi connectivity index (χ4n) is 11.1. The van der Waals surface area contributed by atoms with Crippen molar-refractivity contribution in [1.82, 2.24) is 9.80 Å². The summed E-state index contributed by atoms with van der Waals surface area (Å²) < 4.78 is 0. The Labute approximate surface area is 455 Å². The predicted octanol–water partition coefficient (Wildman–Crippen LogP) is 19.0. The van der Waals surface area contributed by atoms with Crippen LogP contribution in [0.15, 0.2) is 47.2 Å². The van der Waals surface area contributed by atoms with Gasteiger partial charge in [-0.05, 0) is 47.9 Å². The van der Waals surface area contributed by atoms with Crippen molar-refractivity contribution in [3.63, 3.8) is 0 Å². The molecule has 400 valence electrons. The van der Waals surface area contributed by atoms with Crippen LogP contribution in [0.1, 0.15) is 307 Å². The van der Waals surface area contributed by atoms with E-state index in [4.69, 9.17) is 0 Å². The van der Waals surface area contributed by atoms with E-state index in [0.717, 1.165) is 48.3 Å². The van der Waals surface area contributed by atoms with E-state index in [1.54, 1.807) is 12.1 Å². The van der Waals surface area contributed by atoms with Gasteiger partial charge in [0.2, 0.25) is 0 Å². The minimum absolute atomic E-state index is 0.292. The number of imide groups is 2. The molecule has 6 rings (SSSR count). The van der Waals surface area contributed by atoms with E-state index in [-0.39, 0.29) is 0 Å². The molecule has 2 aliphatic heterocycles. The molecule has 2 aromatic carbocycles. The van der Waals surface area contributed by atoms with E-state index in [9.17, 15) is 19.2 Å². The van der Waals surface area contributed by atoms with Crippen LogP contribution in [0.5, 0.6) is 0 Å². The van der Waals surface area contributed by atoms with Gasteiger partial charge >= 0.3 is 0 Å². The maximum atomic E-state index is 14.8. The maximum absolute atomic E-state index is 14.8. The van der Waals surface area contributed by atoms with Gasteiger partial charge in [-0.15, -0.1) is 22.7 Å². The number of hydrogen-bond donors (Lipinski definition) is 0. The van der Waals surface area contributed by atoms with Crippen LogP contribution < -0.4 is 0 Å². The third-order valence-corrected chi connectivity index (χ3v) is 17.0. The third-order valence-electron chi connectivity index (χ3n) is 15.4. The Morgan fingerprint density at radius 2 is 0.622 bits per heavy atom. The predicted molar refractivity (Wildman–Crippen MR) is 313 cm³/mol. The molecule has 0 bridgehead atoms. The number of amides is 4. The third kappa shape index (κ3) is 18.4. The van der Waals surface area contributed by atoms with Crippen molar-refractivity contribution in [1.29, 1.82) is 0 Å². The Kier molecular flexibility index (Phi) is 27.2. The number of carbonyl (C=O) groups excluding carboxylic acids is 4. The Bertz CT molecular complexity index is 2290. The van der Waals surface area contributed by atoms with Crippen LogP contribution in [-0.4, -0.2) is 46.5 Å². The van der Waals surface area contributed by atoms with Gasteiger partial charge in [-0.2, -0.15) is 0 Å². The number of rotatable bonds is 38. The van der Waals surface area contributed by atoms with E-state index in [1.807, 2.05) is 35.0 Å². The molecule has 0 N–H and O–H groups in total. The normalized spacial score (nSPS) is 13.0. The topological polar surface area (TPSA) is 74.8 Å². The molecular weight excluding hydrogens is 949 g/mol. The molecule has 0 fully saturated rings. The number of carbonyl (C=O) groups is 4. The lowest BCUT2D eigenvalue weighted by Gasteiger charge is -2.33. The molecule has 4 heterocycles. The first-order valence-corrected chi connectivity index (χ1v) is 31.7. The van der Waals surface area contributed by atoms with Gasteiger partial charge in [-0.3, -0.25) is 29.0 Å². The molecule has 0 atom stereocenters. The number of unbranched alkanes of at least 4 members (excludes halogenated alkanes) is 34. The highest BCUT2D eigenvalue weighted by Crippen LogP contribution is 2.41. The van der Waals surface area contributed by atoms with Crippen LogP contribution in [-0.2, 0) is 0 Å². The summed E-state index contributed by atoms with van der Waals surface area (Å²) in [7, 11) is 0. The van der Waals surface area contributed by atoms with Crippen molar-refractivity contribution < 1.29 is 19.2 Å². The largest absolute Gasteiger partial charge is 0.274 e. The summed E-state index contributed by atoms with van der Waals surface area (Å²) in [6, 6.07) is 11.1. The number of thiophene rings is 2. The second-order valence-electron chi connectivity index (χ2n) is 21.4. The molecule has 0 aliphatic carbocycles. The van der Waals surface area contributed by atoms with Crippen molar-refractivity contribution >= 4 is 57.1 Å². The summed E-state index contributed by atoms with van der Waals surface area (Å²) >= 11 is 3.01. The summed E-state index contributed by atoms with van der Waals surface area (Å²) in [5, 5.41) is 4.62. The van der Waals surface area contributed by atoms with Crippen molar-refractivity contribution in [3.05, 3.63) is 90.3 Å². The lowest BCUT2D eigenvalue weighted by Crippen LogP contribution is -2.44. The molecule has 2 aromatic heterocycles. The summed E-state index contributed by atoms with van der Waals surface area (Å²) in [4.78, 5) is 63.2. The second-order valence-corrected chi connectivity index (χ2v) is 23.3. The van der Waals surface area contributed by atoms with Crippen LogP contribution in [0.2, 0.25) is 0 Å². The molecule has 8 heteroatoms. The SMILES string of the molecule is CCCCCCCCCCCCCCCCCCCCN1C(=O)c2cc(C#Cc3cccs3)c3c4c(cc(C#Cc5cccs5)c(c24)C1=O)C(=O)N(CCCCCCCCCCCCCCCCCCCC)C3=O. The summed E-state index contributed by atoms with van der Waals surface area (Å²) in [6.07, 6.45) is 45.5. The minimum Gasteiger partial charge on any atom is -0.274 e. The van der Waals surface area contributed by atoms with Gasteiger partial charge in [-0.25, -0.2) is 0 Å². The van der Waals surface area contributed by atoms with Crippen LogP contribution in [0.25, 0.3) is 10.8 Å². The number of benzene rings is 2. The average molecular weight is 1040 g/mol. The van der Waals surface area contributed by atoms with Gasteiger partial charge in [0, 0.05) is 46.1 Å². The van der Waals surface area contributed by atoms with Gasteiger partial charge in [0.05, 0.1) is 20.9 Å². The maximum Gasteiger partial charge on any atom is 0.262 e. The van der Waals surface area contributed by atoms with E-state index < -0.39 is 23.6 Å². The molecule has 0 unspecified atom stereocenters. The highest BCUT2D eigenvalue weighted by molar-refractivity contribution is 7.10. The van der Waals surface area contributed by atoms with Crippen LogP contribution in [0.4, 0.5) is 0 Å². The Morgan fingerprint density at radius 3 is 0.878 bits per heavy atom. The van der Waals surface area contributed by atoms with E-state index in [2.05, 4.69) is 37.5 Å². The highest BCUT2D eigenvalue weighted by atomic mass is 32.1. The van der Waals surface area contributed by atoms with E-state index in [0.29, 0.717) is 70.1 Å². The molecule has 2 aliphatic rings. The number of nitrogens with zero attached hydrogens (tertiary/aromatic N) is 2. The van der Waals surface area contributed by atoms with E-state index in [1.165, 1.54) is 212 Å². The van der Waals surface area contributed by atoms with Crippen molar-refractivity contribution in [2.75, 3.05) is 13.1 Å². The Balaban J connectivity index is 1.05. The van der Waals surface area contributed by atoms with Gasteiger partial charge < -0.3 is 0 Å². The van der Waals surface area contributed by atoms with Gasteiger partial charge in [0.1, 0.15) is 0 Å². The zero-order valence-electron chi connectivity index (χ0n) is 45.8. The molecule has 74 heavy (non-hydrogen) atoms. The Hall–Kier alpha value is -4.50. The first kappa shape index (κ1) is 58.8. The first-order chi connectivity index (χ1) is 36.4. The molecule has 4 aromatic rings. The average Bonchev–Trinajstić information content (AvgIpc) is 4.15. The minimum atomic E-state index is -0.416. The van der Waals surface area contributed by atoms with Gasteiger partial charge in [0.15, 0.2) is 0 Å². The molecule has 0 saturated heterocycles. The van der Waals surface area contributed by atoms with Gasteiger partial charge in [0.25, 0.3) is 23.6 Å². The van der Waals surface area contributed by atoms with Crippen molar-refractivity contribution in [3.8, 4) is 23.7 Å². The fraction of sp³-hybridized carbons (Fsp3) is 0.606. The standard InChI is InChI=1S/C66H90N2O4S2/c1-3-5-7-9-11-13-15-17-19-21-23-25-27-29-31-33-35-37-47-67-63(69)57-51-54(44-46-56-42-40-50-74-56)60-62-58(52-53(59(61(57)62)65(67)71)43-45-55-41-39-49-73-55)64(70)68(66(60)72)48-38-36-34-32-30-28-26-24-22-20-18-16-14-12-10-8-6-4-2/h39-42,49-52H,3-38,47-48H2,1-2H3. The highest BCUT2D eigenvalue weighted by Gasteiger charge is 2.42. The first-order valence-electron chi connectivity index (χ1n) is 30.0. The molecule has 6 nitrogen and oxygen atoms in total. The monoisotopic (exact) mass is 1040 g/mol. The lowest BCUT2D eigenvalue weighted by molar-refractivity contribution is 0.0585. The van der Waals surface area contributed by atoms with E-state index >= 15 is 0 Å². The molecule has 0 saturated carbocycles. The number of hydrogen-bond acceptors (Lipinski definition) is 6. The molecule has 0 spiro atoms. The summed E-state index contributed by atoms with van der Waals surface area (Å²) in [5.41, 5.74) is 2.00. The molecule has 0 radical (unpaired) electrons. The smallest absolute Gasteiger partial charge is 0.262 e. The second kappa shape index (κ2) is 34.2. The Morgan fingerprint density at radius 1 is 0.351 bits per heavy atom. The van der Waals surface area contributed by atoms with Gasteiger partial charge in [-0.1, -0.05) is 268 Å². The van der Waals surface area contributed by atoms with Crippen LogP contribution in [0, 0.1) is 23.7 Å². The summed E-state index contributed by atoms with van der Waals surface area (Å²) in [6.45, 7) is 5.14. The van der Waals surface area contributed by atoms with Crippen molar-refractivity contribution in [2.24, 2.45) is 0 Å².